The minimum atomic E-state index is -0.170. The van der Waals surface area contributed by atoms with Crippen molar-refractivity contribution in [3.8, 4) is 0 Å². The van der Waals surface area contributed by atoms with Crippen LogP contribution in [0.25, 0.3) is 0 Å². The molecule has 0 aromatic carbocycles. The highest BCUT2D eigenvalue weighted by Crippen LogP contribution is 2.16. The minimum Gasteiger partial charge on any atom is -0.378 e. The molecule has 21 heavy (non-hydrogen) atoms. The molecule has 0 spiro atoms. The van der Waals surface area contributed by atoms with E-state index in [1.54, 1.807) is 18.3 Å². The molecule has 1 saturated heterocycles. The molecule has 2 amide bonds. The second-order valence-corrected chi connectivity index (χ2v) is 5.64. The molecule has 2 N–H and O–H groups in total. The Bertz CT molecular complexity index is 433. The van der Waals surface area contributed by atoms with Crippen LogP contribution in [0.15, 0.2) is 18.3 Å². The largest absolute Gasteiger partial charge is 0.378 e. The van der Waals surface area contributed by atoms with Gasteiger partial charge >= 0.3 is 6.03 Å². The summed E-state index contributed by atoms with van der Waals surface area (Å²) in [6.45, 7) is 1.95. The third-order valence-corrected chi connectivity index (χ3v) is 3.70. The normalized spacial score (nSPS) is 18.2. The second kappa shape index (κ2) is 8.85. The Morgan fingerprint density at radius 3 is 3.00 bits per heavy atom. The number of halogens is 1. The van der Waals surface area contributed by atoms with E-state index in [1.165, 1.54) is 12.8 Å². The zero-order chi connectivity index (χ0) is 14.9. The molecule has 1 aromatic rings. The molecule has 0 radical (unpaired) electrons. The number of hydrogen-bond acceptors (Lipinski definition) is 3. The van der Waals surface area contributed by atoms with Crippen LogP contribution < -0.4 is 10.6 Å². The number of nitrogens with zero attached hydrogens (tertiary/aromatic N) is 1. The van der Waals surface area contributed by atoms with Crippen LogP contribution in [0, 0.1) is 0 Å². The molecule has 0 aliphatic carbocycles. The van der Waals surface area contributed by atoms with Crippen LogP contribution >= 0.6 is 11.6 Å². The summed E-state index contributed by atoms with van der Waals surface area (Å²) in [6, 6.07) is 3.38. The molecule has 0 unspecified atom stereocenters. The lowest BCUT2D eigenvalue weighted by atomic mass is 10.0. The molecule has 0 saturated carbocycles. The molecule has 5 nitrogen and oxygen atoms in total. The van der Waals surface area contributed by atoms with Gasteiger partial charge in [-0.15, -0.1) is 0 Å². The number of rotatable bonds is 6. The second-order valence-electron chi connectivity index (χ2n) is 5.21. The number of ether oxygens (including phenoxy) is 1. The summed E-state index contributed by atoms with van der Waals surface area (Å²) in [5.41, 5.74) is 0.783. The van der Waals surface area contributed by atoms with Crippen molar-refractivity contribution in [3.63, 3.8) is 0 Å². The Kier molecular flexibility index (Phi) is 6.76. The first-order valence-corrected chi connectivity index (χ1v) is 7.85. The van der Waals surface area contributed by atoms with Gasteiger partial charge in [-0.2, -0.15) is 0 Å². The minimum absolute atomic E-state index is 0.170. The van der Waals surface area contributed by atoms with Crippen LogP contribution in [0.2, 0.25) is 5.02 Å². The van der Waals surface area contributed by atoms with E-state index in [2.05, 4.69) is 15.6 Å². The van der Waals surface area contributed by atoms with Crippen LogP contribution in [0.5, 0.6) is 0 Å². The van der Waals surface area contributed by atoms with E-state index in [-0.39, 0.29) is 6.03 Å². The first-order chi connectivity index (χ1) is 10.2. The van der Waals surface area contributed by atoms with Crippen molar-refractivity contribution in [3.05, 3.63) is 29.0 Å². The molecule has 1 atom stereocenters. The quantitative estimate of drug-likeness (QED) is 0.794. The summed E-state index contributed by atoms with van der Waals surface area (Å²) in [5, 5.41) is 6.21. The summed E-state index contributed by atoms with van der Waals surface area (Å²) in [6.07, 6.45) is 7.48. The fourth-order valence-corrected chi connectivity index (χ4v) is 2.42. The molecule has 2 rings (SSSR count). The smallest absolute Gasteiger partial charge is 0.315 e. The van der Waals surface area contributed by atoms with Crippen molar-refractivity contribution in [2.45, 2.75) is 44.8 Å². The molecule has 0 bridgehead atoms. The molecule has 1 aliphatic heterocycles. The van der Waals surface area contributed by atoms with E-state index in [0.29, 0.717) is 24.2 Å². The van der Waals surface area contributed by atoms with Crippen molar-refractivity contribution < 1.29 is 9.53 Å². The molecule has 1 aromatic heterocycles. The molecular weight excluding hydrogens is 290 g/mol. The summed E-state index contributed by atoms with van der Waals surface area (Å²) < 4.78 is 5.65. The highest BCUT2D eigenvalue weighted by molar-refractivity contribution is 6.30. The van der Waals surface area contributed by atoms with Gasteiger partial charge in [0.2, 0.25) is 0 Å². The monoisotopic (exact) mass is 311 g/mol. The average Bonchev–Trinajstić information content (AvgIpc) is 2.52. The highest BCUT2D eigenvalue weighted by atomic mass is 35.5. The molecule has 6 heteroatoms. The zero-order valence-electron chi connectivity index (χ0n) is 12.1. The topological polar surface area (TPSA) is 63.2 Å². The van der Waals surface area contributed by atoms with Crippen LogP contribution in [0.1, 0.15) is 37.8 Å². The van der Waals surface area contributed by atoms with E-state index in [1.807, 2.05) is 0 Å². The number of amides is 2. The Morgan fingerprint density at radius 2 is 2.29 bits per heavy atom. The lowest BCUT2D eigenvalue weighted by Gasteiger charge is -2.22. The van der Waals surface area contributed by atoms with Crippen LogP contribution in [-0.4, -0.2) is 30.3 Å². The first-order valence-electron chi connectivity index (χ1n) is 7.48. The fourth-order valence-electron chi connectivity index (χ4n) is 2.31. The molecule has 116 valence electrons. The van der Waals surface area contributed by atoms with E-state index in [4.69, 9.17) is 16.3 Å². The van der Waals surface area contributed by atoms with E-state index < -0.39 is 0 Å². The first kappa shape index (κ1) is 16.0. The van der Waals surface area contributed by atoms with Gasteiger partial charge in [-0.25, -0.2) is 4.79 Å². The Hall–Kier alpha value is -1.33. The molecule has 1 fully saturated rings. The highest BCUT2D eigenvalue weighted by Gasteiger charge is 2.13. The van der Waals surface area contributed by atoms with Gasteiger partial charge in [0.1, 0.15) is 0 Å². The van der Waals surface area contributed by atoms with Gasteiger partial charge in [-0.05, 0) is 44.2 Å². The zero-order valence-corrected chi connectivity index (χ0v) is 12.9. The predicted molar refractivity (Wildman–Crippen MR) is 82.3 cm³/mol. The van der Waals surface area contributed by atoms with Gasteiger partial charge in [-0.3, -0.25) is 4.98 Å². The van der Waals surface area contributed by atoms with Gasteiger partial charge in [0.25, 0.3) is 0 Å². The number of urea groups is 1. The van der Waals surface area contributed by atoms with Crippen molar-refractivity contribution in [1.82, 2.24) is 15.6 Å². The van der Waals surface area contributed by atoms with Gasteiger partial charge < -0.3 is 15.4 Å². The standard InChI is InChI=1S/C15H22ClN3O2/c16-12-6-7-13(18-10-12)11-19-15(20)17-8-3-5-14-4-1-2-9-21-14/h6-7,10,14H,1-5,8-9,11H2,(H2,17,19,20)/t14-/m0/s1. The van der Waals surface area contributed by atoms with Gasteiger partial charge in [0.05, 0.1) is 23.4 Å². The summed E-state index contributed by atoms with van der Waals surface area (Å²) in [7, 11) is 0. The van der Waals surface area contributed by atoms with Crippen molar-refractivity contribution in [2.75, 3.05) is 13.2 Å². The number of aromatic nitrogens is 1. The fraction of sp³-hybridized carbons (Fsp3) is 0.600. The predicted octanol–water partition coefficient (Wildman–Crippen LogP) is 2.88. The number of carbonyl (C=O) groups excluding carboxylic acids is 1. The van der Waals surface area contributed by atoms with E-state index in [9.17, 15) is 4.79 Å². The average molecular weight is 312 g/mol. The summed E-state index contributed by atoms with van der Waals surface area (Å²) >= 11 is 5.75. The Morgan fingerprint density at radius 1 is 1.38 bits per heavy atom. The molecular formula is C15H22ClN3O2. The van der Waals surface area contributed by atoms with Crippen LogP contribution in [0.4, 0.5) is 4.79 Å². The lowest BCUT2D eigenvalue weighted by Crippen LogP contribution is -2.36. The maximum absolute atomic E-state index is 11.6. The SMILES string of the molecule is O=C(NCCC[C@@H]1CCCCO1)NCc1ccc(Cl)cn1. The third-order valence-electron chi connectivity index (χ3n) is 3.48. The third kappa shape index (κ3) is 6.31. The van der Waals surface area contributed by atoms with Crippen molar-refractivity contribution in [1.29, 1.82) is 0 Å². The number of pyridine rings is 1. The Labute approximate surface area is 130 Å². The van der Waals surface area contributed by atoms with Gasteiger partial charge in [0.15, 0.2) is 0 Å². The lowest BCUT2D eigenvalue weighted by molar-refractivity contribution is 0.0103. The Balaban J connectivity index is 1.54. The van der Waals surface area contributed by atoms with Gasteiger partial charge in [0, 0.05) is 19.3 Å². The maximum Gasteiger partial charge on any atom is 0.315 e. The van der Waals surface area contributed by atoms with E-state index >= 15 is 0 Å². The van der Waals surface area contributed by atoms with Crippen LogP contribution in [-0.2, 0) is 11.3 Å². The van der Waals surface area contributed by atoms with Crippen molar-refractivity contribution in [2.24, 2.45) is 0 Å². The maximum atomic E-state index is 11.6. The number of nitrogens with one attached hydrogen (secondary N) is 2. The van der Waals surface area contributed by atoms with E-state index in [0.717, 1.165) is 31.6 Å². The van der Waals surface area contributed by atoms with Crippen LogP contribution in [0.3, 0.4) is 0 Å². The van der Waals surface area contributed by atoms with Gasteiger partial charge in [-0.1, -0.05) is 11.6 Å². The number of hydrogen-bond donors (Lipinski definition) is 2. The number of carbonyl (C=O) groups is 1. The summed E-state index contributed by atoms with van der Waals surface area (Å²) in [4.78, 5) is 15.7. The molecule has 2 heterocycles. The molecule has 1 aliphatic rings. The summed E-state index contributed by atoms with van der Waals surface area (Å²) in [5.74, 6) is 0. The van der Waals surface area contributed by atoms with Crippen molar-refractivity contribution >= 4 is 17.6 Å².